The quantitative estimate of drug-likeness (QED) is 0.515. The third-order valence-electron chi connectivity index (χ3n) is 3.94. The Morgan fingerprint density at radius 1 is 1.35 bits per heavy atom. The number of hydrogen-bond donors (Lipinski definition) is 1. The molecule has 0 radical (unpaired) electrons. The molecule has 5 nitrogen and oxygen atoms in total. The number of nitrogens with one attached hydrogen (secondary N) is 1. The fraction of sp³-hybridized carbons (Fsp3) is 0.533. The van der Waals surface area contributed by atoms with Crippen molar-refractivity contribution in [1.29, 1.82) is 5.26 Å². The molecule has 2 atom stereocenters. The van der Waals surface area contributed by atoms with Gasteiger partial charge >= 0.3 is 0 Å². The SMILES string of the molecule is CC1CCCC(Nc2ccc(C#N)c([N+](=O)[O-])c2)CC1. The van der Waals surface area contributed by atoms with Crippen molar-refractivity contribution < 1.29 is 4.92 Å². The molecular weight excluding hydrogens is 254 g/mol. The van der Waals surface area contributed by atoms with Crippen LogP contribution in [-0.2, 0) is 0 Å². The van der Waals surface area contributed by atoms with Crippen molar-refractivity contribution in [3.05, 3.63) is 33.9 Å². The van der Waals surface area contributed by atoms with E-state index < -0.39 is 4.92 Å². The van der Waals surface area contributed by atoms with Crippen molar-refractivity contribution in [2.45, 2.75) is 45.1 Å². The van der Waals surface area contributed by atoms with E-state index in [4.69, 9.17) is 5.26 Å². The summed E-state index contributed by atoms with van der Waals surface area (Å²) in [5.41, 5.74) is 0.713. The van der Waals surface area contributed by atoms with Crippen LogP contribution in [0, 0.1) is 27.4 Å². The minimum atomic E-state index is -0.501. The first-order valence-corrected chi connectivity index (χ1v) is 7.05. The van der Waals surface area contributed by atoms with E-state index in [1.165, 1.54) is 31.4 Å². The Labute approximate surface area is 118 Å². The van der Waals surface area contributed by atoms with Crippen LogP contribution in [0.4, 0.5) is 11.4 Å². The van der Waals surface area contributed by atoms with Crippen LogP contribution in [0.15, 0.2) is 18.2 Å². The summed E-state index contributed by atoms with van der Waals surface area (Å²) in [6, 6.07) is 6.95. The van der Waals surface area contributed by atoms with Gasteiger partial charge in [0, 0.05) is 17.8 Å². The lowest BCUT2D eigenvalue weighted by Crippen LogP contribution is -2.18. The minimum Gasteiger partial charge on any atom is -0.382 e. The fourth-order valence-corrected chi connectivity index (χ4v) is 2.73. The van der Waals surface area contributed by atoms with Crippen molar-refractivity contribution in [1.82, 2.24) is 0 Å². The molecule has 1 aromatic carbocycles. The van der Waals surface area contributed by atoms with Crippen molar-refractivity contribution in [3.8, 4) is 6.07 Å². The van der Waals surface area contributed by atoms with Crippen LogP contribution in [0.25, 0.3) is 0 Å². The molecule has 1 fully saturated rings. The molecule has 0 amide bonds. The fourth-order valence-electron chi connectivity index (χ4n) is 2.73. The van der Waals surface area contributed by atoms with Gasteiger partial charge in [-0.05, 0) is 37.3 Å². The number of nitrogens with zero attached hydrogens (tertiary/aromatic N) is 2. The predicted molar refractivity (Wildman–Crippen MR) is 77.5 cm³/mol. The first-order valence-electron chi connectivity index (χ1n) is 7.05. The molecule has 20 heavy (non-hydrogen) atoms. The van der Waals surface area contributed by atoms with Crippen LogP contribution in [0.5, 0.6) is 0 Å². The Kier molecular flexibility index (Phi) is 4.57. The molecule has 0 aromatic heterocycles. The molecule has 1 saturated carbocycles. The first kappa shape index (κ1) is 14.3. The van der Waals surface area contributed by atoms with Gasteiger partial charge in [-0.15, -0.1) is 0 Å². The Balaban J connectivity index is 2.11. The van der Waals surface area contributed by atoms with E-state index in [0.717, 1.165) is 24.4 Å². The summed E-state index contributed by atoms with van der Waals surface area (Å²) in [5, 5.41) is 23.2. The van der Waals surface area contributed by atoms with Gasteiger partial charge in [0.25, 0.3) is 5.69 Å². The molecule has 0 bridgehead atoms. The van der Waals surface area contributed by atoms with E-state index in [1.807, 2.05) is 6.07 Å². The Hall–Kier alpha value is -2.09. The van der Waals surface area contributed by atoms with Crippen LogP contribution in [0.1, 0.15) is 44.6 Å². The zero-order chi connectivity index (χ0) is 14.5. The second-order valence-electron chi connectivity index (χ2n) is 5.56. The van der Waals surface area contributed by atoms with Crippen molar-refractivity contribution in [2.24, 2.45) is 5.92 Å². The topological polar surface area (TPSA) is 79.0 Å². The summed E-state index contributed by atoms with van der Waals surface area (Å²) in [7, 11) is 0. The van der Waals surface area contributed by atoms with Gasteiger partial charge < -0.3 is 5.32 Å². The van der Waals surface area contributed by atoms with Gasteiger partial charge in [-0.2, -0.15) is 5.26 Å². The molecule has 0 aliphatic heterocycles. The number of rotatable bonds is 3. The minimum absolute atomic E-state index is 0.107. The zero-order valence-electron chi connectivity index (χ0n) is 11.6. The van der Waals surface area contributed by atoms with Crippen LogP contribution in [0.3, 0.4) is 0 Å². The van der Waals surface area contributed by atoms with E-state index in [0.29, 0.717) is 6.04 Å². The van der Waals surface area contributed by atoms with Crippen LogP contribution in [-0.4, -0.2) is 11.0 Å². The monoisotopic (exact) mass is 273 g/mol. The molecule has 1 aromatic rings. The third-order valence-corrected chi connectivity index (χ3v) is 3.94. The normalized spacial score (nSPS) is 22.6. The molecule has 5 heteroatoms. The average molecular weight is 273 g/mol. The molecule has 2 unspecified atom stereocenters. The first-order chi connectivity index (χ1) is 9.60. The molecule has 1 N–H and O–H groups in total. The maximum atomic E-state index is 10.9. The summed E-state index contributed by atoms with van der Waals surface area (Å²) in [6.45, 7) is 2.27. The van der Waals surface area contributed by atoms with Gasteiger partial charge in [-0.1, -0.05) is 19.8 Å². The lowest BCUT2D eigenvalue weighted by molar-refractivity contribution is -0.385. The van der Waals surface area contributed by atoms with Crippen LogP contribution < -0.4 is 5.32 Å². The number of benzene rings is 1. The summed E-state index contributed by atoms with van der Waals surface area (Å²) in [4.78, 5) is 10.4. The third kappa shape index (κ3) is 3.47. The summed E-state index contributed by atoms with van der Waals surface area (Å²) >= 11 is 0. The maximum Gasteiger partial charge on any atom is 0.289 e. The van der Waals surface area contributed by atoms with Gasteiger partial charge in [-0.25, -0.2) is 0 Å². The van der Waals surface area contributed by atoms with E-state index >= 15 is 0 Å². The van der Waals surface area contributed by atoms with Crippen LogP contribution in [0.2, 0.25) is 0 Å². The van der Waals surface area contributed by atoms with Crippen molar-refractivity contribution in [2.75, 3.05) is 5.32 Å². The summed E-state index contributed by atoms with van der Waals surface area (Å²) in [5.74, 6) is 0.761. The highest BCUT2D eigenvalue weighted by atomic mass is 16.6. The molecule has 106 valence electrons. The van der Waals surface area contributed by atoms with Gasteiger partial charge in [0.05, 0.1) is 4.92 Å². The number of nitro groups is 1. The number of hydrogen-bond acceptors (Lipinski definition) is 4. The van der Waals surface area contributed by atoms with Gasteiger partial charge in [0.1, 0.15) is 11.6 Å². The standard InChI is InChI=1S/C15H19N3O2/c1-11-3-2-4-13(7-5-11)17-14-8-6-12(10-16)15(9-14)18(19)20/h6,8-9,11,13,17H,2-5,7H2,1H3. The molecule has 2 rings (SSSR count). The largest absolute Gasteiger partial charge is 0.382 e. The second kappa shape index (κ2) is 6.38. The van der Waals surface area contributed by atoms with E-state index in [2.05, 4.69) is 12.2 Å². The van der Waals surface area contributed by atoms with Crippen molar-refractivity contribution in [3.63, 3.8) is 0 Å². The molecule has 0 saturated heterocycles. The average Bonchev–Trinajstić information content (AvgIpc) is 2.63. The summed E-state index contributed by atoms with van der Waals surface area (Å²) in [6.07, 6.45) is 5.83. The number of anilines is 1. The van der Waals surface area contributed by atoms with E-state index in [-0.39, 0.29) is 11.3 Å². The lowest BCUT2D eigenvalue weighted by atomic mass is 10.0. The second-order valence-corrected chi connectivity index (χ2v) is 5.56. The highest BCUT2D eigenvalue weighted by molar-refractivity contribution is 5.59. The molecule has 0 heterocycles. The molecule has 0 spiro atoms. The van der Waals surface area contributed by atoms with Crippen LogP contribution >= 0.6 is 0 Å². The Morgan fingerprint density at radius 2 is 2.15 bits per heavy atom. The Morgan fingerprint density at radius 3 is 2.85 bits per heavy atom. The van der Waals surface area contributed by atoms with Gasteiger partial charge in [0.2, 0.25) is 0 Å². The molecule has 1 aliphatic rings. The zero-order valence-corrected chi connectivity index (χ0v) is 11.6. The molecule has 1 aliphatic carbocycles. The smallest absolute Gasteiger partial charge is 0.289 e. The highest BCUT2D eigenvalue weighted by Gasteiger charge is 2.18. The predicted octanol–water partition coefficient (Wildman–Crippen LogP) is 3.85. The number of nitro benzene ring substituents is 1. The summed E-state index contributed by atoms with van der Waals surface area (Å²) < 4.78 is 0. The van der Waals surface area contributed by atoms with E-state index in [1.54, 1.807) is 6.07 Å². The van der Waals surface area contributed by atoms with Crippen molar-refractivity contribution >= 4 is 11.4 Å². The highest BCUT2D eigenvalue weighted by Crippen LogP contribution is 2.27. The lowest BCUT2D eigenvalue weighted by Gasteiger charge is -2.17. The van der Waals surface area contributed by atoms with E-state index in [9.17, 15) is 10.1 Å². The van der Waals surface area contributed by atoms with Gasteiger partial charge in [0.15, 0.2) is 0 Å². The maximum absolute atomic E-state index is 10.9. The number of nitriles is 1. The molecular formula is C15H19N3O2. The van der Waals surface area contributed by atoms with Gasteiger partial charge in [-0.3, -0.25) is 10.1 Å². The Bertz CT molecular complexity index is 536.